The van der Waals surface area contributed by atoms with E-state index in [1.165, 1.54) is 26.2 Å². The smallest absolute Gasteiger partial charge is 0.193 e. The third-order valence-corrected chi connectivity index (χ3v) is 4.73. The van der Waals surface area contributed by atoms with Crippen LogP contribution in [0.1, 0.15) is 19.8 Å². The number of methoxy groups -OCH3 is 2. The van der Waals surface area contributed by atoms with Crippen LogP contribution >= 0.6 is 24.0 Å². The molecule has 1 saturated heterocycles. The predicted molar refractivity (Wildman–Crippen MR) is 123 cm³/mol. The molecule has 8 heteroatoms. The Kier molecular flexibility index (Phi) is 11.5. The quantitative estimate of drug-likeness (QED) is 0.239. The van der Waals surface area contributed by atoms with E-state index < -0.39 is 0 Å². The fourth-order valence-electron chi connectivity index (χ4n) is 3.08. The number of nitrogens with two attached hydrogens (primary N) is 1. The van der Waals surface area contributed by atoms with Crippen LogP contribution in [-0.2, 0) is 0 Å². The molecule has 0 aromatic heterocycles. The van der Waals surface area contributed by atoms with E-state index in [2.05, 4.69) is 27.0 Å². The molecule has 0 amide bonds. The number of ether oxygens (including phenoxy) is 2. The lowest BCUT2D eigenvalue weighted by Crippen LogP contribution is -2.46. The third kappa shape index (κ3) is 8.10. The van der Waals surface area contributed by atoms with E-state index in [0.717, 1.165) is 38.2 Å². The molecule has 0 radical (unpaired) electrons. The fraction of sp³-hybridized carbons (Fsp3) is 0.632. The maximum absolute atomic E-state index is 5.97. The Hall–Kier alpha value is -1.26. The van der Waals surface area contributed by atoms with Crippen LogP contribution in [0.25, 0.3) is 0 Å². The number of benzene rings is 1. The second kappa shape index (κ2) is 13.0. The van der Waals surface area contributed by atoms with Crippen LogP contribution in [0.15, 0.2) is 23.2 Å². The topological polar surface area (TPSA) is 75.4 Å². The highest BCUT2D eigenvalue weighted by Gasteiger charge is 2.14. The van der Waals surface area contributed by atoms with Gasteiger partial charge in [0.2, 0.25) is 0 Å². The van der Waals surface area contributed by atoms with E-state index in [-0.39, 0.29) is 24.0 Å². The van der Waals surface area contributed by atoms with Crippen molar-refractivity contribution in [2.24, 2.45) is 10.7 Å². The average Bonchev–Trinajstić information content (AvgIpc) is 2.68. The summed E-state index contributed by atoms with van der Waals surface area (Å²) in [5, 5.41) is 3.10. The first-order valence-electron chi connectivity index (χ1n) is 9.40. The van der Waals surface area contributed by atoms with Crippen LogP contribution in [0.3, 0.4) is 0 Å². The lowest BCUT2D eigenvalue weighted by Gasteiger charge is -2.33. The van der Waals surface area contributed by atoms with Crippen LogP contribution in [0, 0.1) is 0 Å². The number of piperazine rings is 1. The maximum Gasteiger partial charge on any atom is 0.193 e. The van der Waals surface area contributed by atoms with Gasteiger partial charge in [-0.1, -0.05) is 6.92 Å². The summed E-state index contributed by atoms with van der Waals surface area (Å²) in [5.41, 5.74) is 6.81. The number of likely N-dealkylation sites (N-methyl/N-ethyl adjacent to an activating group) is 1. The van der Waals surface area contributed by atoms with E-state index in [1.54, 1.807) is 14.2 Å². The highest BCUT2D eigenvalue weighted by Crippen LogP contribution is 2.29. The number of halogens is 1. The Morgan fingerprint density at radius 1 is 1.07 bits per heavy atom. The van der Waals surface area contributed by atoms with E-state index in [0.29, 0.717) is 17.5 Å². The maximum atomic E-state index is 5.97. The van der Waals surface area contributed by atoms with Crippen molar-refractivity contribution >= 4 is 35.6 Å². The minimum Gasteiger partial charge on any atom is -0.493 e. The van der Waals surface area contributed by atoms with Crippen LogP contribution in [0.4, 0.5) is 5.69 Å². The van der Waals surface area contributed by atoms with Crippen molar-refractivity contribution in [1.82, 2.24) is 9.80 Å². The molecule has 0 atom stereocenters. The molecule has 1 aliphatic heterocycles. The summed E-state index contributed by atoms with van der Waals surface area (Å²) in [6.45, 7) is 10.0. The van der Waals surface area contributed by atoms with E-state index in [1.807, 2.05) is 18.2 Å². The molecule has 0 bridgehead atoms. The molecule has 1 aromatic rings. The first kappa shape index (κ1) is 23.8. The van der Waals surface area contributed by atoms with Gasteiger partial charge in [-0.3, -0.25) is 4.99 Å². The molecular weight excluding hydrogens is 457 g/mol. The average molecular weight is 491 g/mol. The molecule has 27 heavy (non-hydrogen) atoms. The summed E-state index contributed by atoms with van der Waals surface area (Å²) in [6, 6.07) is 5.57. The Labute approximate surface area is 180 Å². The van der Waals surface area contributed by atoms with Gasteiger partial charge in [0.25, 0.3) is 0 Å². The van der Waals surface area contributed by atoms with Crippen molar-refractivity contribution in [2.75, 3.05) is 65.3 Å². The summed E-state index contributed by atoms with van der Waals surface area (Å²) in [5.74, 6) is 1.77. The normalized spacial score (nSPS) is 15.9. The Bertz CT molecular complexity index is 577. The van der Waals surface area contributed by atoms with Crippen molar-refractivity contribution in [2.45, 2.75) is 19.8 Å². The van der Waals surface area contributed by atoms with Gasteiger partial charge in [0.05, 0.1) is 14.2 Å². The number of rotatable bonds is 9. The first-order valence-corrected chi connectivity index (χ1v) is 9.40. The predicted octanol–water partition coefficient (Wildman–Crippen LogP) is 2.47. The number of aliphatic imine (C=N–C) groups is 1. The first-order chi connectivity index (χ1) is 12.7. The van der Waals surface area contributed by atoms with Crippen LogP contribution in [0.5, 0.6) is 11.5 Å². The largest absolute Gasteiger partial charge is 0.493 e. The second-order valence-corrected chi connectivity index (χ2v) is 6.44. The monoisotopic (exact) mass is 491 g/mol. The number of guanidine groups is 1. The van der Waals surface area contributed by atoms with Gasteiger partial charge < -0.3 is 30.3 Å². The highest BCUT2D eigenvalue weighted by atomic mass is 127. The van der Waals surface area contributed by atoms with E-state index >= 15 is 0 Å². The zero-order chi connectivity index (χ0) is 18.8. The van der Waals surface area contributed by atoms with E-state index in [4.69, 9.17) is 15.2 Å². The van der Waals surface area contributed by atoms with Crippen LogP contribution in [-0.4, -0.2) is 75.8 Å². The van der Waals surface area contributed by atoms with Crippen molar-refractivity contribution in [3.63, 3.8) is 0 Å². The molecule has 0 unspecified atom stereocenters. The second-order valence-electron chi connectivity index (χ2n) is 6.44. The Morgan fingerprint density at radius 3 is 2.37 bits per heavy atom. The van der Waals surface area contributed by atoms with Gasteiger partial charge in [0.15, 0.2) is 17.5 Å². The summed E-state index contributed by atoms with van der Waals surface area (Å²) in [6.07, 6.45) is 2.20. The molecule has 0 saturated carbocycles. The van der Waals surface area contributed by atoms with Gasteiger partial charge in [0.1, 0.15) is 0 Å². The zero-order valence-electron chi connectivity index (χ0n) is 16.7. The highest BCUT2D eigenvalue weighted by molar-refractivity contribution is 14.0. The number of hydrogen-bond acceptors (Lipinski definition) is 5. The number of nitrogens with one attached hydrogen (secondary N) is 1. The molecule has 1 fully saturated rings. The summed E-state index contributed by atoms with van der Waals surface area (Å²) in [7, 11) is 3.23. The summed E-state index contributed by atoms with van der Waals surface area (Å²) < 4.78 is 10.5. The molecule has 1 aromatic carbocycles. The van der Waals surface area contributed by atoms with Crippen LogP contribution < -0.4 is 20.5 Å². The number of nitrogens with zero attached hydrogens (tertiary/aromatic N) is 3. The van der Waals surface area contributed by atoms with Gasteiger partial charge in [-0.15, -0.1) is 24.0 Å². The lowest BCUT2D eigenvalue weighted by atomic mass is 10.2. The van der Waals surface area contributed by atoms with Crippen molar-refractivity contribution in [1.29, 1.82) is 0 Å². The molecule has 1 heterocycles. The fourth-order valence-corrected chi connectivity index (χ4v) is 3.08. The summed E-state index contributed by atoms with van der Waals surface area (Å²) >= 11 is 0. The number of unbranched alkanes of at least 4 members (excludes halogenated alkanes) is 1. The number of anilines is 1. The minimum atomic E-state index is 0. The van der Waals surface area contributed by atoms with Crippen molar-refractivity contribution in [3.8, 4) is 11.5 Å². The molecule has 7 nitrogen and oxygen atoms in total. The molecule has 154 valence electrons. The van der Waals surface area contributed by atoms with Gasteiger partial charge in [-0.05, 0) is 38.1 Å². The summed E-state index contributed by atoms with van der Waals surface area (Å²) in [4.78, 5) is 9.45. The molecule has 0 spiro atoms. The van der Waals surface area contributed by atoms with Gasteiger partial charge in [-0.25, -0.2) is 0 Å². The number of hydrogen-bond donors (Lipinski definition) is 2. The molecule has 2 rings (SSSR count). The molecular formula is C19H34IN5O2. The Morgan fingerprint density at radius 2 is 1.74 bits per heavy atom. The van der Waals surface area contributed by atoms with E-state index in [9.17, 15) is 0 Å². The van der Waals surface area contributed by atoms with Gasteiger partial charge in [0, 0.05) is 44.5 Å². The molecule has 3 N–H and O–H groups in total. The Balaban J connectivity index is 0.00000364. The van der Waals surface area contributed by atoms with Crippen LogP contribution in [0.2, 0.25) is 0 Å². The lowest BCUT2D eigenvalue weighted by molar-refractivity contribution is 0.136. The minimum absolute atomic E-state index is 0. The molecule has 1 aliphatic rings. The SMILES string of the molecule is CCN1CCN(CCCCN=C(N)Nc2ccc(OC)c(OC)c2)CC1.I. The standard InChI is InChI=1S/C19H33N5O2.HI/c1-4-23-11-13-24(14-12-23)10-6-5-9-21-19(20)22-16-7-8-17(25-2)18(15-16)26-3;/h7-8,15H,4-6,9-14H2,1-3H3,(H3,20,21,22);1H. The third-order valence-electron chi connectivity index (χ3n) is 4.73. The molecule has 0 aliphatic carbocycles. The van der Waals surface area contributed by atoms with Crippen molar-refractivity contribution < 1.29 is 9.47 Å². The van der Waals surface area contributed by atoms with Gasteiger partial charge >= 0.3 is 0 Å². The zero-order valence-corrected chi connectivity index (χ0v) is 19.1. The van der Waals surface area contributed by atoms with Gasteiger partial charge in [-0.2, -0.15) is 0 Å². The van der Waals surface area contributed by atoms with Crippen molar-refractivity contribution in [3.05, 3.63) is 18.2 Å².